The largest absolute Gasteiger partial charge is 0.471 e. The molecule has 1 heterocycles. The van der Waals surface area contributed by atoms with Crippen molar-refractivity contribution >= 4 is 18.0 Å². The van der Waals surface area contributed by atoms with Crippen LogP contribution in [0.2, 0.25) is 0 Å². The standard InChI is InChI=1S/C30H44F3N3O5/c1-28(2,3)41-27(39)34-18-9-8-12-24(25(37)40-4)36(26(38)30(31,32)33)23-13-15-29(16-14-23)17-19-35(21-29)20-22-10-6-5-7-11-22/h5-7,10-11,23-24H,8-9,12-21H2,1-4H3,(H,34,39). The van der Waals surface area contributed by atoms with Crippen LogP contribution in [0.5, 0.6) is 0 Å². The molecule has 3 rings (SSSR count). The van der Waals surface area contributed by atoms with Crippen molar-refractivity contribution in [2.75, 3.05) is 26.7 Å². The molecule has 1 atom stereocenters. The maximum absolute atomic E-state index is 13.8. The van der Waals surface area contributed by atoms with E-state index in [9.17, 15) is 27.6 Å². The first kappa shape index (κ1) is 32.7. The average molecular weight is 584 g/mol. The van der Waals surface area contributed by atoms with Crippen LogP contribution in [0.15, 0.2) is 30.3 Å². The first-order valence-electron chi connectivity index (χ1n) is 14.4. The van der Waals surface area contributed by atoms with Gasteiger partial charge in [-0.1, -0.05) is 30.3 Å². The second kappa shape index (κ2) is 13.9. The van der Waals surface area contributed by atoms with Crippen molar-refractivity contribution in [2.24, 2.45) is 5.41 Å². The normalized spacial score (nSPS) is 22.3. The summed E-state index contributed by atoms with van der Waals surface area (Å²) in [6, 6.07) is 8.11. The highest BCUT2D eigenvalue weighted by Gasteiger charge is 2.51. The van der Waals surface area contributed by atoms with Crippen molar-refractivity contribution in [1.82, 2.24) is 15.1 Å². The molecule has 1 N–H and O–H groups in total. The van der Waals surface area contributed by atoms with Gasteiger partial charge >= 0.3 is 24.1 Å². The topological polar surface area (TPSA) is 88.2 Å². The molecule has 1 aliphatic carbocycles. The number of unbranched alkanes of at least 4 members (excludes halogenated alkanes) is 1. The first-order chi connectivity index (χ1) is 19.2. The van der Waals surface area contributed by atoms with E-state index >= 15 is 0 Å². The summed E-state index contributed by atoms with van der Waals surface area (Å²) >= 11 is 0. The zero-order valence-electron chi connectivity index (χ0n) is 24.6. The molecule has 1 unspecified atom stereocenters. The number of hydrogen-bond acceptors (Lipinski definition) is 6. The third-order valence-electron chi connectivity index (χ3n) is 8.03. The van der Waals surface area contributed by atoms with Crippen molar-refractivity contribution in [3.63, 3.8) is 0 Å². The number of alkyl halides is 3. The third-order valence-corrected chi connectivity index (χ3v) is 8.03. The van der Waals surface area contributed by atoms with E-state index in [1.807, 2.05) is 18.2 Å². The van der Waals surface area contributed by atoms with Crippen molar-refractivity contribution < 1.29 is 37.0 Å². The Balaban J connectivity index is 1.63. The van der Waals surface area contributed by atoms with Crippen LogP contribution in [-0.4, -0.2) is 78.4 Å². The van der Waals surface area contributed by atoms with Gasteiger partial charge in [0.25, 0.3) is 0 Å². The van der Waals surface area contributed by atoms with Crippen molar-refractivity contribution in [3.05, 3.63) is 35.9 Å². The number of nitrogens with one attached hydrogen (secondary N) is 1. The van der Waals surface area contributed by atoms with Gasteiger partial charge in [-0.05, 0) is 89.7 Å². The Hall–Kier alpha value is -2.82. The zero-order valence-corrected chi connectivity index (χ0v) is 24.6. The lowest BCUT2D eigenvalue weighted by molar-refractivity contribution is -0.194. The highest BCUT2D eigenvalue weighted by molar-refractivity contribution is 5.88. The maximum Gasteiger partial charge on any atom is 0.471 e. The molecule has 11 heteroatoms. The summed E-state index contributed by atoms with van der Waals surface area (Å²) in [6.45, 7) is 8.06. The number of hydrogen-bond donors (Lipinski definition) is 1. The number of nitrogens with zero attached hydrogens (tertiary/aromatic N) is 2. The van der Waals surface area contributed by atoms with Crippen LogP contribution in [0, 0.1) is 5.41 Å². The molecule has 0 radical (unpaired) electrons. The predicted molar refractivity (Wildman–Crippen MR) is 148 cm³/mol. The van der Waals surface area contributed by atoms with Gasteiger partial charge in [-0.25, -0.2) is 9.59 Å². The quantitative estimate of drug-likeness (QED) is 0.291. The molecule has 2 aliphatic rings. The first-order valence-corrected chi connectivity index (χ1v) is 14.4. The molecule has 0 aromatic heterocycles. The Bertz CT molecular complexity index is 1020. The van der Waals surface area contributed by atoms with E-state index in [-0.39, 0.29) is 18.4 Å². The summed E-state index contributed by atoms with van der Waals surface area (Å²) in [4.78, 5) is 40.4. The van der Waals surface area contributed by atoms with Crippen LogP contribution in [0.1, 0.15) is 77.7 Å². The summed E-state index contributed by atoms with van der Waals surface area (Å²) in [5, 5.41) is 2.60. The Kier molecular flexibility index (Phi) is 11.1. The van der Waals surface area contributed by atoms with E-state index in [1.54, 1.807) is 20.8 Å². The Morgan fingerprint density at radius 1 is 1.07 bits per heavy atom. The van der Waals surface area contributed by atoms with E-state index in [0.29, 0.717) is 38.5 Å². The third kappa shape index (κ3) is 9.61. The minimum atomic E-state index is -5.11. The number of likely N-dealkylation sites (tertiary alicyclic amines) is 1. The zero-order chi connectivity index (χ0) is 30.3. The highest BCUT2D eigenvalue weighted by atomic mass is 19.4. The molecule has 1 saturated carbocycles. The minimum Gasteiger partial charge on any atom is -0.467 e. The summed E-state index contributed by atoms with van der Waals surface area (Å²) in [5.74, 6) is -2.87. The van der Waals surface area contributed by atoms with Gasteiger partial charge in [-0.15, -0.1) is 0 Å². The lowest BCUT2D eigenvalue weighted by atomic mass is 9.71. The van der Waals surface area contributed by atoms with E-state index in [1.165, 1.54) is 5.56 Å². The summed E-state index contributed by atoms with van der Waals surface area (Å²) in [6.07, 6.45) is -1.86. The van der Waals surface area contributed by atoms with Gasteiger partial charge in [-0.3, -0.25) is 9.69 Å². The number of amides is 2. The van der Waals surface area contributed by atoms with E-state index in [0.717, 1.165) is 38.1 Å². The summed E-state index contributed by atoms with van der Waals surface area (Å²) < 4.78 is 51.4. The summed E-state index contributed by atoms with van der Waals surface area (Å²) in [7, 11) is 1.12. The van der Waals surface area contributed by atoms with Crippen LogP contribution >= 0.6 is 0 Å². The Morgan fingerprint density at radius 3 is 2.32 bits per heavy atom. The molecule has 1 aromatic rings. The van der Waals surface area contributed by atoms with Crippen molar-refractivity contribution in [1.29, 1.82) is 0 Å². The number of alkyl carbamates (subject to hydrolysis) is 1. The SMILES string of the molecule is COC(=O)C(CCCCNC(=O)OC(C)(C)C)N(C(=O)C(F)(F)F)C1CCC2(CC1)CCN(Cc1ccccc1)C2. The summed E-state index contributed by atoms with van der Waals surface area (Å²) in [5.41, 5.74) is 0.574. The van der Waals surface area contributed by atoms with E-state index in [2.05, 4.69) is 22.3 Å². The fraction of sp³-hybridized carbons (Fsp3) is 0.700. The van der Waals surface area contributed by atoms with Gasteiger partial charge in [-0.2, -0.15) is 13.2 Å². The van der Waals surface area contributed by atoms with Crippen LogP contribution in [0.4, 0.5) is 18.0 Å². The molecule has 1 aliphatic heterocycles. The Morgan fingerprint density at radius 2 is 1.73 bits per heavy atom. The molecule has 1 saturated heterocycles. The van der Waals surface area contributed by atoms with Gasteiger partial charge < -0.3 is 19.7 Å². The van der Waals surface area contributed by atoms with Gasteiger partial charge in [0.15, 0.2) is 0 Å². The van der Waals surface area contributed by atoms with E-state index in [4.69, 9.17) is 9.47 Å². The fourth-order valence-electron chi connectivity index (χ4n) is 6.09. The maximum atomic E-state index is 13.8. The molecule has 1 spiro atoms. The van der Waals surface area contributed by atoms with Gasteiger partial charge in [0.1, 0.15) is 11.6 Å². The second-order valence-electron chi connectivity index (χ2n) is 12.4. The number of carbonyl (C=O) groups excluding carboxylic acids is 3. The number of halogens is 3. The lowest BCUT2D eigenvalue weighted by Gasteiger charge is -2.44. The number of esters is 1. The highest BCUT2D eigenvalue weighted by Crippen LogP contribution is 2.46. The Labute approximate surface area is 240 Å². The minimum absolute atomic E-state index is 0.00299. The molecule has 0 bridgehead atoms. The molecule has 41 heavy (non-hydrogen) atoms. The second-order valence-corrected chi connectivity index (χ2v) is 12.4. The van der Waals surface area contributed by atoms with Crippen LogP contribution in [-0.2, 0) is 25.6 Å². The molecular formula is C30H44F3N3O5. The molecule has 8 nitrogen and oxygen atoms in total. The van der Waals surface area contributed by atoms with Crippen LogP contribution in [0.3, 0.4) is 0 Å². The number of rotatable bonds is 10. The van der Waals surface area contributed by atoms with Crippen molar-refractivity contribution in [3.8, 4) is 0 Å². The average Bonchev–Trinajstić information content (AvgIpc) is 3.28. The van der Waals surface area contributed by atoms with Gasteiger partial charge in [0, 0.05) is 25.7 Å². The smallest absolute Gasteiger partial charge is 0.467 e. The number of methoxy groups -OCH3 is 1. The van der Waals surface area contributed by atoms with E-state index < -0.39 is 41.8 Å². The number of ether oxygens (including phenoxy) is 2. The fourth-order valence-corrected chi connectivity index (χ4v) is 6.09. The molecule has 230 valence electrons. The predicted octanol–water partition coefficient (Wildman–Crippen LogP) is 5.45. The van der Waals surface area contributed by atoms with Crippen LogP contribution < -0.4 is 5.32 Å². The van der Waals surface area contributed by atoms with Gasteiger partial charge in [0.05, 0.1) is 7.11 Å². The van der Waals surface area contributed by atoms with Crippen LogP contribution in [0.25, 0.3) is 0 Å². The monoisotopic (exact) mass is 583 g/mol. The molecule has 2 fully saturated rings. The molecule has 1 aromatic carbocycles. The lowest BCUT2D eigenvalue weighted by Crippen LogP contribution is -2.56. The molecule has 2 amide bonds. The molecular weight excluding hydrogens is 539 g/mol. The number of benzene rings is 1. The number of carbonyl (C=O) groups is 3. The van der Waals surface area contributed by atoms with Crippen molar-refractivity contribution in [2.45, 2.75) is 103 Å². The van der Waals surface area contributed by atoms with Gasteiger partial charge in [0.2, 0.25) is 0 Å².